The van der Waals surface area contributed by atoms with Gasteiger partial charge in [0.1, 0.15) is 18.0 Å². The third-order valence-electron chi connectivity index (χ3n) is 6.10. The fraction of sp³-hybridized carbons (Fsp3) is 0.138. The Hall–Kier alpha value is -4.26. The molecule has 0 fully saturated rings. The average molecular weight is 630 g/mol. The molecule has 1 amide bonds. The summed E-state index contributed by atoms with van der Waals surface area (Å²) in [7, 11) is -5.26. The van der Waals surface area contributed by atoms with Crippen LogP contribution in [0.5, 0.6) is 11.5 Å². The molecule has 220 valence electrons. The van der Waals surface area contributed by atoms with Crippen molar-refractivity contribution in [1.82, 2.24) is 0 Å². The van der Waals surface area contributed by atoms with Gasteiger partial charge < -0.3 is 14.8 Å². The van der Waals surface area contributed by atoms with Gasteiger partial charge in [0.25, 0.3) is 20.0 Å². The predicted molar refractivity (Wildman–Crippen MR) is 163 cm³/mol. The summed E-state index contributed by atoms with van der Waals surface area (Å²) in [5, 5.41) is 2.87. The zero-order valence-electron chi connectivity index (χ0n) is 22.9. The number of carbonyl (C=O) groups is 1. The summed E-state index contributed by atoms with van der Waals surface area (Å²) < 4.78 is 66.9. The van der Waals surface area contributed by atoms with Crippen LogP contribution in [0.25, 0.3) is 0 Å². The van der Waals surface area contributed by atoms with E-state index in [1.807, 2.05) is 6.92 Å². The molecule has 0 saturated carbocycles. The summed E-state index contributed by atoms with van der Waals surface area (Å²) in [6.07, 6.45) is 0. The van der Waals surface area contributed by atoms with Gasteiger partial charge in [-0.05, 0) is 85.8 Å². The minimum absolute atomic E-state index is 0.0261. The molecule has 10 nitrogen and oxygen atoms in total. The van der Waals surface area contributed by atoms with Crippen molar-refractivity contribution in [3.8, 4) is 11.5 Å². The molecule has 4 aromatic carbocycles. The first-order valence-corrected chi connectivity index (χ1v) is 15.7. The maximum absolute atomic E-state index is 13.7. The molecule has 4 aromatic rings. The molecule has 42 heavy (non-hydrogen) atoms. The summed E-state index contributed by atoms with van der Waals surface area (Å²) >= 11 is 6.18. The highest BCUT2D eigenvalue weighted by Crippen LogP contribution is 2.35. The molecule has 0 saturated heterocycles. The van der Waals surface area contributed by atoms with Crippen LogP contribution < -0.4 is 23.8 Å². The van der Waals surface area contributed by atoms with Gasteiger partial charge in [-0.3, -0.25) is 13.8 Å². The molecule has 0 heterocycles. The van der Waals surface area contributed by atoms with E-state index in [0.717, 1.165) is 9.87 Å². The summed E-state index contributed by atoms with van der Waals surface area (Å²) in [5.74, 6) is 0.0959. The quantitative estimate of drug-likeness (QED) is 0.230. The van der Waals surface area contributed by atoms with E-state index in [0.29, 0.717) is 11.4 Å². The molecule has 0 aliphatic rings. The van der Waals surface area contributed by atoms with Crippen molar-refractivity contribution >= 4 is 54.6 Å². The summed E-state index contributed by atoms with van der Waals surface area (Å²) in [6.45, 7) is 1.21. The van der Waals surface area contributed by atoms with Crippen LogP contribution >= 0.6 is 11.6 Å². The molecule has 0 aromatic heterocycles. The third kappa shape index (κ3) is 7.14. The van der Waals surface area contributed by atoms with Gasteiger partial charge in [-0.2, -0.15) is 0 Å². The Bertz CT molecular complexity index is 1780. The topological polar surface area (TPSA) is 131 Å². The van der Waals surface area contributed by atoms with E-state index in [1.165, 1.54) is 62.8 Å². The number of hydrogen-bond donors (Lipinski definition) is 2. The molecule has 0 bridgehead atoms. The van der Waals surface area contributed by atoms with E-state index in [1.54, 1.807) is 42.5 Å². The number of ether oxygens (including phenoxy) is 2. The zero-order chi connectivity index (χ0) is 30.5. The van der Waals surface area contributed by atoms with E-state index in [9.17, 15) is 21.6 Å². The number of aryl methyl sites for hydroxylation is 1. The van der Waals surface area contributed by atoms with Crippen molar-refractivity contribution in [1.29, 1.82) is 0 Å². The Kier molecular flexibility index (Phi) is 9.30. The number of anilines is 3. The second-order valence-electron chi connectivity index (χ2n) is 9.05. The molecular weight excluding hydrogens is 602 g/mol. The number of nitrogens with zero attached hydrogens (tertiary/aromatic N) is 1. The van der Waals surface area contributed by atoms with Crippen LogP contribution in [0.15, 0.2) is 101 Å². The normalized spacial score (nSPS) is 11.4. The van der Waals surface area contributed by atoms with Crippen molar-refractivity contribution in [3.63, 3.8) is 0 Å². The number of carbonyl (C=O) groups excluding carboxylic acids is 1. The van der Waals surface area contributed by atoms with Crippen molar-refractivity contribution in [3.05, 3.63) is 102 Å². The van der Waals surface area contributed by atoms with E-state index in [-0.39, 0.29) is 31.9 Å². The van der Waals surface area contributed by atoms with Crippen LogP contribution in [0.3, 0.4) is 0 Å². The molecule has 13 heteroatoms. The smallest absolute Gasteiger partial charge is 0.264 e. The second kappa shape index (κ2) is 12.7. The van der Waals surface area contributed by atoms with Crippen molar-refractivity contribution in [2.45, 2.75) is 16.7 Å². The van der Waals surface area contributed by atoms with Crippen molar-refractivity contribution in [2.75, 3.05) is 35.1 Å². The van der Waals surface area contributed by atoms with Crippen LogP contribution in [-0.2, 0) is 24.8 Å². The number of sulfonamides is 2. The molecule has 0 spiro atoms. The zero-order valence-corrected chi connectivity index (χ0v) is 25.3. The Morgan fingerprint density at radius 3 is 1.98 bits per heavy atom. The van der Waals surface area contributed by atoms with Crippen LogP contribution in [-0.4, -0.2) is 43.5 Å². The SMILES string of the molecule is COc1ccc(NS(=O)(=O)c2ccc(NC(=O)CN(c3cc(Cl)ccc3OC)S(=O)(=O)c3ccc(C)cc3)cc2)cc1. The van der Waals surface area contributed by atoms with Crippen molar-refractivity contribution < 1.29 is 31.1 Å². The van der Waals surface area contributed by atoms with Gasteiger partial charge in [0.05, 0.1) is 29.7 Å². The van der Waals surface area contributed by atoms with E-state index < -0.39 is 32.5 Å². The molecule has 0 unspecified atom stereocenters. The number of methoxy groups -OCH3 is 2. The Balaban J connectivity index is 1.56. The van der Waals surface area contributed by atoms with Gasteiger partial charge >= 0.3 is 0 Å². The lowest BCUT2D eigenvalue weighted by Gasteiger charge is -2.26. The first-order chi connectivity index (χ1) is 19.9. The highest BCUT2D eigenvalue weighted by atomic mass is 35.5. The fourth-order valence-corrected chi connectivity index (χ4v) is 6.56. The molecule has 0 radical (unpaired) electrons. The van der Waals surface area contributed by atoms with Crippen LogP contribution in [0.4, 0.5) is 17.1 Å². The Morgan fingerprint density at radius 1 is 0.786 bits per heavy atom. The maximum Gasteiger partial charge on any atom is 0.264 e. The number of hydrogen-bond acceptors (Lipinski definition) is 7. The maximum atomic E-state index is 13.7. The Labute approximate surface area is 250 Å². The summed E-state index contributed by atoms with van der Waals surface area (Å²) in [5.41, 5.74) is 1.55. The number of halogens is 1. The summed E-state index contributed by atoms with van der Waals surface area (Å²) in [6, 6.07) is 22.5. The highest BCUT2D eigenvalue weighted by molar-refractivity contribution is 7.93. The third-order valence-corrected chi connectivity index (χ3v) is 9.50. The lowest BCUT2D eigenvalue weighted by atomic mass is 10.2. The fourth-order valence-electron chi connectivity index (χ4n) is 3.92. The van der Waals surface area contributed by atoms with Gasteiger partial charge in [-0.25, -0.2) is 16.8 Å². The van der Waals surface area contributed by atoms with E-state index in [2.05, 4.69) is 10.0 Å². The molecule has 0 aliphatic heterocycles. The molecular formula is C29H28ClN3O7S2. The average Bonchev–Trinajstić information content (AvgIpc) is 2.96. The minimum Gasteiger partial charge on any atom is -0.497 e. The van der Waals surface area contributed by atoms with Crippen molar-refractivity contribution in [2.24, 2.45) is 0 Å². The summed E-state index contributed by atoms with van der Waals surface area (Å²) in [4.78, 5) is 13.1. The predicted octanol–water partition coefficient (Wildman–Crippen LogP) is 5.30. The minimum atomic E-state index is -4.23. The monoisotopic (exact) mass is 629 g/mol. The lowest BCUT2D eigenvalue weighted by Crippen LogP contribution is -2.38. The molecule has 0 aliphatic carbocycles. The lowest BCUT2D eigenvalue weighted by molar-refractivity contribution is -0.114. The van der Waals surface area contributed by atoms with E-state index in [4.69, 9.17) is 21.1 Å². The van der Waals surface area contributed by atoms with Crippen LogP contribution in [0.1, 0.15) is 5.56 Å². The largest absolute Gasteiger partial charge is 0.497 e. The van der Waals surface area contributed by atoms with Gasteiger partial charge in [0.15, 0.2) is 0 Å². The number of nitrogens with one attached hydrogen (secondary N) is 2. The Morgan fingerprint density at radius 2 is 1.38 bits per heavy atom. The highest BCUT2D eigenvalue weighted by Gasteiger charge is 2.30. The molecule has 4 rings (SSSR count). The first kappa shape index (κ1) is 30.7. The van der Waals surface area contributed by atoms with Gasteiger partial charge in [-0.1, -0.05) is 29.3 Å². The number of rotatable bonds is 11. The second-order valence-corrected chi connectivity index (χ2v) is 13.0. The molecule has 0 atom stereocenters. The van der Waals surface area contributed by atoms with Gasteiger partial charge in [0.2, 0.25) is 5.91 Å². The number of benzene rings is 4. The molecule has 2 N–H and O–H groups in total. The van der Waals surface area contributed by atoms with Gasteiger partial charge in [-0.15, -0.1) is 0 Å². The van der Waals surface area contributed by atoms with Crippen LogP contribution in [0.2, 0.25) is 5.02 Å². The van der Waals surface area contributed by atoms with E-state index >= 15 is 0 Å². The van der Waals surface area contributed by atoms with Gasteiger partial charge in [0, 0.05) is 16.4 Å². The first-order valence-electron chi connectivity index (χ1n) is 12.4. The van der Waals surface area contributed by atoms with Crippen LogP contribution in [0, 0.1) is 6.92 Å². The standard InChI is InChI=1S/C29H28ClN3O7S2/c1-20-4-13-26(14-5-20)42(37,38)33(27-18-21(30)6-17-28(27)40-3)19-29(34)31-22-9-15-25(16-10-22)41(35,36)32-23-7-11-24(39-2)12-8-23/h4-18,32H,19H2,1-3H3,(H,31,34). The number of amides is 1.